The molecule has 2 aromatic rings. The van der Waals surface area contributed by atoms with E-state index in [1.807, 2.05) is 6.07 Å². The molecule has 0 saturated carbocycles. The molecule has 98 valence electrons. The number of aromatic nitrogens is 4. The molecule has 0 aromatic carbocycles. The van der Waals surface area contributed by atoms with Gasteiger partial charge in [-0.15, -0.1) is 0 Å². The van der Waals surface area contributed by atoms with Crippen molar-refractivity contribution in [2.75, 3.05) is 18.4 Å². The maximum Gasteiger partial charge on any atom is 0.229 e. The Bertz CT molecular complexity index is 524. The van der Waals surface area contributed by atoms with Crippen molar-refractivity contribution in [3.05, 3.63) is 36.4 Å². The first-order valence-corrected chi connectivity index (χ1v) is 6.49. The largest absolute Gasteiger partial charge is 0.316 e. The second-order valence-corrected chi connectivity index (χ2v) is 4.55. The standard InChI is InChI=1S/C13H16N6/c1-3-10(9-14-5-1)11-4-8-17-13(18-11)19-12-15-6-2-7-16-12/h2,4,6-8,10,14H,1,3,5,9H2,(H,15,16,17,18,19)/t10-/m1/s1. The van der Waals surface area contributed by atoms with Crippen LogP contribution in [0, 0.1) is 0 Å². The minimum atomic E-state index is 0.467. The Kier molecular flexibility index (Phi) is 3.60. The van der Waals surface area contributed by atoms with Crippen molar-refractivity contribution in [3.63, 3.8) is 0 Å². The molecule has 0 amide bonds. The second kappa shape index (κ2) is 5.71. The van der Waals surface area contributed by atoms with Crippen LogP contribution in [0.1, 0.15) is 24.5 Å². The molecule has 6 heteroatoms. The molecule has 0 aliphatic carbocycles. The average Bonchev–Trinajstić information content (AvgIpc) is 2.49. The zero-order valence-corrected chi connectivity index (χ0v) is 10.6. The van der Waals surface area contributed by atoms with E-state index < -0.39 is 0 Å². The van der Waals surface area contributed by atoms with Crippen LogP contribution in [0.5, 0.6) is 0 Å². The third kappa shape index (κ3) is 3.03. The Morgan fingerprint density at radius 3 is 2.74 bits per heavy atom. The first-order chi connectivity index (χ1) is 9.42. The lowest BCUT2D eigenvalue weighted by Gasteiger charge is -2.22. The first-order valence-electron chi connectivity index (χ1n) is 6.49. The molecule has 1 atom stereocenters. The summed E-state index contributed by atoms with van der Waals surface area (Å²) in [6.45, 7) is 2.09. The summed E-state index contributed by atoms with van der Waals surface area (Å²) in [5.41, 5.74) is 1.07. The quantitative estimate of drug-likeness (QED) is 0.866. The number of hydrogen-bond acceptors (Lipinski definition) is 6. The van der Waals surface area contributed by atoms with Crippen LogP contribution in [0.25, 0.3) is 0 Å². The molecule has 0 bridgehead atoms. The average molecular weight is 256 g/mol. The fourth-order valence-electron chi connectivity index (χ4n) is 2.23. The highest BCUT2D eigenvalue weighted by atomic mass is 15.2. The lowest BCUT2D eigenvalue weighted by atomic mass is 9.96. The van der Waals surface area contributed by atoms with Gasteiger partial charge in [0.2, 0.25) is 11.9 Å². The molecule has 1 fully saturated rings. The lowest BCUT2D eigenvalue weighted by Crippen LogP contribution is -2.28. The molecular weight excluding hydrogens is 240 g/mol. The van der Waals surface area contributed by atoms with Crippen molar-refractivity contribution in [2.24, 2.45) is 0 Å². The first kappa shape index (κ1) is 12.0. The summed E-state index contributed by atoms with van der Waals surface area (Å²) in [6.07, 6.45) is 7.52. The molecule has 0 spiro atoms. The number of rotatable bonds is 3. The zero-order valence-electron chi connectivity index (χ0n) is 10.6. The normalized spacial score (nSPS) is 19.1. The second-order valence-electron chi connectivity index (χ2n) is 4.55. The van der Waals surface area contributed by atoms with E-state index in [1.165, 1.54) is 12.8 Å². The lowest BCUT2D eigenvalue weighted by molar-refractivity contribution is 0.454. The molecule has 6 nitrogen and oxygen atoms in total. The third-order valence-corrected chi connectivity index (χ3v) is 3.18. The summed E-state index contributed by atoms with van der Waals surface area (Å²) in [5.74, 6) is 1.53. The van der Waals surface area contributed by atoms with Gasteiger partial charge in [0.1, 0.15) is 0 Å². The fourth-order valence-corrected chi connectivity index (χ4v) is 2.23. The smallest absolute Gasteiger partial charge is 0.229 e. The number of nitrogens with zero attached hydrogens (tertiary/aromatic N) is 4. The van der Waals surface area contributed by atoms with Gasteiger partial charge in [-0.2, -0.15) is 0 Å². The Morgan fingerprint density at radius 2 is 1.95 bits per heavy atom. The molecule has 19 heavy (non-hydrogen) atoms. The van der Waals surface area contributed by atoms with E-state index in [0.717, 1.165) is 18.8 Å². The van der Waals surface area contributed by atoms with Gasteiger partial charge in [-0.05, 0) is 31.5 Å². The molecule has 1 saturated heterocycles. The highest BCUT2D eigenvalue weighted by molar-refractivity contribution is 5.41. The molecule has 2 aromatic heterocycles. The van der Waals surface area contributed by atoms with Crippen LogP contribution in [-0.4, -0.2) is 33.0 Å². The van der Waals surface area contributed by atoms with E-state index in [-0.39, 0.29) is 0 Å². The fraction of sp³-hybridized carbons (Fsp3) is 0.385. The van der Waals surface area contributed by atoms with Crippen LogP contribution < -0.4 is 10.6 Å². The Morgan fingerprint density at radius 1 is 1.11 bits per heavy atom. The van der Waals surface area contributed by atoms with Crippen LogP contribution in [-0.2, 0) is 0 Å². The highest BCUT2D eigenvalue weighted by Gasteiger charge is 2.16. The van der Waals surface area contributed by atoms with Crippen LogP contribution in [0.3, 0.4) is 0 Å². The number of hydrogen-bond donors (Lipinski definition) is 2. The predicted molar refractivity (Wildman–Crippen MR) is 72.2 cm³/mol. The third-order valence-electron chi connectivity index (χ3n) is 3.18. The monoisotopic (exact) mass is 256 g/mol. The molecule has 1 aliphatic heterocycles. The van der Waals surface area contributed by atoms with Gasteiger partial charge in [0.05, 0.1) is 5.69 Å². The van der Waals surface area contributed by atoms with Crippen molar-refractivity contribution in [1.29, 1.82) is 0 Å². The van der Waals surface area contributed by atoms with Gasteiger partial charge in [-0.25, -0.2) is 19.9 Å². The van der Waals surface area contributed by atoms with E-state index in [1.54, 1.807) is 24.7 Å². The van der Waals surface area contributed by atoms with Crippen molar-refractivity contribution in [1.82, 2.24) is 25.3 Å². The van der Waals surface area contributed by atoms with Gasteiger partial charge in [-0.1, -0.05) is 0 Å². The van der Waals surface area contributed by atoms with Crippen LogP contribution in [0.2, 0.25) is 0 Å². The molecule has 3 rings (SSSR count). The van der Waals surface area contributed by atoms with Crippen molar-refractivity contribution in [2.45, 2.75) is 18.8 Å². The predicted octanol–water partition coefficient (Wildman–Crippen LogP) is 1.48. The maximum absolute atomic E-state index is 4.55. The summed E-state index contributed by atoms with van der Waals surface area (Å²) in [7, 11) is 0. The van der Waals surface area contributed by atoms with Gasteiger partial charge < -0.3 is 5.32 Å². The van der Waals surface area contributed by atoms with E-state index in [4.69, 9.17) is 0 Å². The Hall–Kier alpha value is -2.08. The summed E-state index contributed by atoms with van der Waals surface area (Å²) in [6, 6.07) is 3.75. The summed E-state index contributed by atoms with van der Waals surface area (Å²) < 4.78 is 0. The van der Waals surface area contributed by atoms with Crippen LogP contribution in [0.4, 0.5) is 11.9 Å². The van der Waals surface area contributed by atoms with Gasteiger partial charge >= 0.3 is 0 Å². The minimum absolute atomic E-state index is 0.467. The van der Waals surface area contributed by atoms with Gasteiger partial charge in [-0.3, -0.25) is 5.32 Å². The van der Waals surface area contributed by atoms with Crippen molar-refractivity contribution in [3.8, 4) is 0 Å². The van der Waals surface area contributed by atoms with E-state index in [0.29, 0.717) is 17.8 Å². The molecule has 0 unspecified atom stereocenters. The SMILES string of the molecule is c1cnc(Nc2nccc([C@@H]3CCCNC3)n2)nc1. The Balaban J connectivity index is 1.76. The summed E-state index contributed by atoms with van der Waals surface area (Å²) >= 11 is 0. The van der Waals surface area contributed by atoms with Crippen LogP contribution >= 0.6 is 0 Å². The van der Waals surface area contributed by atoms with Gasteiger partial charge in [0.25, 0.3) is 0 Å². The number of piperidine rings is 1. The highest BCUT2D eigenvalue weighted by Crippen LogP contribution is 2.22. The number of anilines is 2. The molecule has 2 N–H and O–H groups in total. The molecule has 0 radical (unpaired) electrons. The van der Waals surface area contributed by atoms with Gasteiger partial charge in [0, 0.05) is 31.1 Å². The summed E-state index contributed by atoms with van der Waals surface area (Å²) in [4.78, 5) is 17.0. The maximum atomic E-state index is 4.55. The van der Waals surface area contributed by atoms with E-state index in [2.05, 4.69) is 30.6 Å². The molecular formula is C13H16N6. The minimum Gasteiger partial charge on any atom is -0.316 e. The Labute approximate surface area is 111 Å². The van der Waals surface area contributed by atoms with Crippen LogP contribution in [0.15, 0.2) is 30.7 Å². The number of nitrogens with one attached hydrogen (secondary N) is 2. The van der Waals surface area contributed by atoms with Gasteiger partial charge in [0.15, 0.2) is 0 Å². The van der Waals surface area contributed by atoms with E-state index >= 15 is 0 Å². The topological polar surface area (TPSA) is 75.6 Å². The van der Waals surface area contributed by atoms with Crippen molar-refractivity contribution < 1.29 is 0 Å². The van der Waals surface area contributed by atoms with Crippen molar-refractivity contribution >= 4 is 11.9 Å². The molecule has 3 heterocycles. The molecule has 1 aliphatic rings. The van der Waals surface area contributed by atoms with E-state index in [9.17, 15) is 0 Å². The zero-order chi connectivity index (χ0) is 12.9. The summed E-state index contributed by atoms with van der Waals surface area (Å²) in [5, 5.41) is 6.42.